The summed E-state index contributed by atoms with van der Waals surface area (Å²) in [7, 11) is -1.63. The van der Waals surface area contributed by atoms with Crippen molar-refractivity contribution in [2.75, 3.05) is 21.3 Å². The van der Waals surface area contributed by atoms with E-state index in [2.05, 4.69) is 117 Å². The van der Waals surface area contributed by atoms with E-state index >= 15 is 0 Å². The molecule has 0 aliphatic heterocycles. The molecule has 0 fully saturated rings. The van der Waals surface area contributed by atoms with E-state index in [1.165, 1.54) is 18.1 Å². The third kappa shape index (κ3) is 20.4. The van der Waals surface area contributed by atoms with Crippen molar-refractivity contribution >= 4 is 43.5 Å². The number of carbonyl (C=O) groups excluding carboxylic acids is 3. The maximum Gasteiger partial charge on any atom is 0.519 e. The van der Waals surface area contributed by atoms with E-state index in [1.807, 2.05) is 109 Å². The quantitative estimate of drug-likeness (QED) is 0.0220. The highest BCUT2D eigenvalue weighted by molar-refractivity contribution is 6.87. The molecule has 0 aromatic heterocycles. The first-order valence-corrected chi connectivity index (χ1v) is 40.4. The van der Waals surface area contributed by atoms with Crippen molar-refractivity contribution < 1.29 is 60.5 Å². The summed E-state index contributed by atoms with van der Waals surface area (Å²) in [4.78, 5) is 36.5. The summed E-state index contributed by atoms with van der Waals surface area (Å²) in [5, 5.41) is 0. The standard InChI is InChI=1S/C44H60O9Si3.C32H32O4/c1-33(45)49-39-27-21-34(31-41(39)47-4)17-15-29-54(6,7)52-56(10,11)53-55(8,9)30-16-18-35-22-28-40(42(32-35)48-5)51-43(46)50-38-25-23-37(24-26-38)44(2,3)36-19-13-12-14-20-36;1-31(2,23-9-7-6-8-10-23)25-13-19-28(20-14-25)35-30(33)36-29-21-15-26(16-22-29)32(3,4)24-11-17-27(34-5)18-12-24/h12-14,19-28,31-32H,15-18,29-30H2,1-11H3;6-22H,1-5H3. The van der Waals surface area contributed by atoms with Gasteiger partial charge in [0.05, 0.1) is 21.3 Å². The van der Waals surface area contributed by atoms with E-state index in [1.54, 1.807) is 69.9 Å². The van der Waals surface area contributed by atoms with Crippen LogP contribution in [0.25, 0.3) is 0 Å². The molecule has 13 nitrogen and oxygen atoms in total. The van der Waals surface area contributed by atoms with Gasteiger partial charge in [-0.25, -0.2) is 9.59 Å². The van der Waals surface area contributed by atoms with E-state index in [0.29, 0.717) is 40.2 Å². The lowest BCUT2D eigenvalue weighted by molar-refractivity contribution is -0.132. The average Bonchev–Trinajstić information content (AvgIpc) is 0.888. The van der Waals surface area contributed by atoms with Crippen LogP contribution in [0.2, 0.25) is 51.4 Å². The molecule has 16 heteroatoms. The second-order valence-electron chi connectivity index (χ2n) is 26.2. The molecule has 0 atom stereocenters. The van der Waals surface area contributed by atoms with Crippen molar-refractivity contribution in [1.29, 1.82) is 0 Å². The van der Waals surface area contributed by atoms with Gasteiger partial charge >= 0.3 is 26.8 Å². The highest BCUT2D eigenvalue weighted by Crippen LogP contribution is 2.38. The van der Waals surface area contributed by atoms with E-state index in [9.17, 15) is 14.4 Å². The number of benzene rings is 8. The Morgan fingerprint density at radius 3 is 0.967 bits per heavy atom. The lowest BCUT2D eigenvalue weighted by atomic mass is 9.78. The Hall–Kier alpha value is -8.26. The zero-order valence-electron chi connectivity index (χ0n) is 56.5. The molecule has 0 bridgehead atoms. The van der Waals surface area contributed by atoms with Crippen molar-refractivity contribution in [2.45, 2.75) is 142 Å². The Bertz CT molecular complexity index is 3680. The van der Waals surface area contributed by atoms with Crippen molar-refractivity contribution in [3.8, 4) is 46.0 Å². The Morgan fingerprint density at radius 2 is 0.652 bits per heavy atom. The second-order valence-corrected chi connectivity index (χ2v) is 38.7. The maximum atomic E-state index is 12.8. The highest BCUT2D eigenvalue weighted by Gasteiger charge is 2.39. The topological polar surface area (TPSA) is 144 Å². The number of hydrogen-bond donors (Lipinski definition) is 0. The van der Waals surface area contributed by atoms with E-state index in [-0.39, 0.29) is 22.2 Å². The van der Waals surface area contributed by atoms with Crippen LogP contribution in [0.15, 0.2) is 194 Å². The normalized spacial score (nSPS) is 12.0. The van der Waals surface area contributed by atoms with Gasteiger partial charge in [-0.3, -0.25) is 4.79 Å². The molecule has 0 spiro atoms. The summed E-state index contributed by atoms with van der Waals surface area (Å²) < 4.78 is 57.2. The molecular formula is C76H92O13Si3. The van der Waals surface area contributed by atoms with E-state index in [4.69, 9.17) is 46.1 Å². The summed E-state index contributed by atoms with van der Waals surface area (Å²) in [6, 6.07) is 64.5. The summed E-state index contributed by atoms with van der Waals surface area (Å²) in [6.07, 6.45) is 2.05. The molecule has 0 saturated heterocycles. The number of ether oxygens (including phenoxy) is 8. The molecule has 0 aliphatic rings. The van der Waals surface area contributed by atoms with Gasteiger partial charge in [0, 0.05) is 23.2 Å². The predicted octanol–water partition coefficient (Wildman–Crippen LogP) is 19.2. The monoisotopic (exact) mass is 1300 g/mol. The molecule has 0 saturated carbocycles. The predicted molar refractivity (Wildman–Crippen MR) is 373 cm³/mol. The Morgan fingerprint density at radius 1 is 0.348 bits per heavy atom. The van der Waals surface area contributed by atoms with Crippen LogP contribution < -0.4 is 37.9 Å². The van der Waals surface area contributed by atoms with Gasteiger partial charge < -0.3 is 46.1 Å². The molecule has 0 aliphatic carbocycles. The molecular weight excluding hydrogens is 1210 g/mol. The van der Waals surface area contributed by atoms with Crippen molar-refractivity contribution in [2.24, 2.45) is 0 Å². The van der Waals surface area contributed by atoms with Crippen LogP contribution in [0.3, 0.4) is 0 Å². The van der Waals surface area contributed by atoms with Crippen LogP contribution in [0.4, 0.5) is 9.59 Å². The minimum absolute atomic E-state index is 0.165. The molecule has 8 aromatic rings. The second kappa shape index (κ2) is 31.4. The largest absolute Gasteiger partial charge is 0.519 e. The molecule has 8 aromatic carbocycles. The van der Waals surface area contributed by atoms with Crippen molar-refractivity contribution in [3.05, 3.63) is 239 Å². The first-order chi connectivity index (χ1) is 43.5. The number of hydrogen-bond acceptors (Lipinski definition) is 13. The number of aryl methyl sites for hydroxylation is 2. The number of carbonyl (C=O) groups is 3. The molecule has 0 heterocycles. The molecule has 0 radical (unpaired) electrons. The first-order valence-electron chi connectivity index (χ1n) is 31.3. The number of esters is 1. The molecule has 8 rings (SSSR count). The minimum atomic E-state index is -2.39. The Kier molecular flexibility index (Phi) is 24.3. The summed E-state index contributed by atoms with van der Waals surface area (Å²) >= 11 is 0. The van der Waals surface area contributed by atoms with Gasteiger partial charge in [0.1, 0.15) is 23.0 Å². The molecule has 486 valence electrons. The Balaban J connectivity index is 0.000000286. The van der Waals surface area contributed by atoms with Gasteiger partial charge in [-0.15, -0.1) is 0 Å². The zero-order chi connectivity index (χ0) is 66.9. The first kappa shape index (κ1) is 71.2. The van der Waals surface area contributed by atoms with Gasteiger partial charge in [0.15, 0.2) is 39.6 Å². The van der Waals surface area contributed by atoms with Crippen LogP contribution in [0, 0.1) is 0 Å². The maximum absolute atomic E-state index is 12.8. The fourth-order valence-corrected chi connectivity index (χ4v) is 25.5. The van der Waals surface area contributed by atoms with Gasteiger partial charge in [-0.2, -0.15) is 0 Å². The molecule has 92 heavy (non-hydrogen) atoms. The third-order valence-electron chi connectivity index (χ3n) is 16.6. The van der Waals surface area contributed by atoms with Gasteiger partial charge in [0.25, 0.3) is 0 Å². The van der Waals surface area contributed by atoms with Crippen LogP contribution in [0.5, 0.6) is 46.0 Å². The SMILES string of the molecule is COc1cc(CCC[Si](C)(C)O[Si](C)(C)O[Si](C)(C)CCCc2ccc(OC(=O)Oc3ccc(C(C)(C)c4ccccc4)cc3)c(OC)c2)ccc1OC(C)=O.COc1ccc(C(C)(C)c2ccc(OC(=O)Oc3ccc(C(C)(C)c4ccccc4)cc3)cc2)cc1. The van der Waals surface area contributed by atoms with Crippen molar-refractivity contribution in [1.82, 2.24) is 0 Å². The van der Waals surface area contributed by atoms with E-state index < -0.39 is 37.5 Å². The summed E-state index contributed by atoms with van der Waals surface area (Å²) in [6.45, 7) is 27.8. The van der Waals surface area contributed by atoms with Crippen molar-refractivity contribution in [3.63, 3.8) is 0 Å². The zero-order valence-corrected chi connectivity index (χ0v) is 59.5. The molecule has 0 amide bonds. The average molecular weight is 1300 g/mol. The smallest absolute Gasteiger partial charge is 0.497 e. The van der Waals surface area contributed by atoms with Crippen LogP contribution in [0.1, 0.15) is 106 Å². The molecule has 0 unspecified atom stereocenters. The minimum Gasteiger partial charge on any atom is -0.497 e. The molecule has 0 N–H and O–H groups in total. The van der Waals surface area contributed by atoms with Crippen LogP contribution in [-0.2, 0) is 42.1 Å². The number of methoxy groups -OCH3 is 3. The Labute approximate surface area is 548 Å². The number of rotatable bonds is 26. The summed E-state index contributed by atoms with van der Waals surface area (Å²) in [5.41, 5.74) is 8.56. The van der Waals surface area contributed by atoms with Crippen LogP contribution >= 0.6 is 0 Å². The summed E-state index contributed by atoms with van der Waals surface area (Å²) in [5.74, 6) is 3.48. The van der Waals surface area contributed by atoms with Crippen LogP contribution in [-0.4, -0.2) is 64.8 Å². The third-order valence-corrected chi connectivity index (χ3v) is 28.0. The lowest BCUT2D eigenvalue weighted by Crippen LogP contribution is -2.52. The van der Waals surface area contributed by atoms with Gasteiger partial charge in [0.2, 0.25) is 0 Å². The fraction of sp³-hybridized carbons (Fsp3) is 0.329. The lowest BCUT2D eigenvalue weighted by Gasteiger charge is -2.39. The van der Waals surface area contributed by atoms with Gasteiger partial charge in [-0.05, 0) is 194 Å². The highest BCUT2D eigenvalue weighted by atomic mass is 28.5. The van der Waals surface area contributed by atoms with Gasteiger partial charge in [-0.1, -0.05) is 163 Å². The fourth-order valence-electron chi connectivity index (χ4n) is 11.4. The van der Waals surface area contributed by atoms with E-state index in [0.717, 1.165) is 76.9 Å².